The highest BCUT2D eigenvalue weighted by molar-refractivity contribution is 6.20. The molecule has 2 aliphatic rings. The average Bonchev–Trinajstić information content (AvgIpc) is 3.24. The lowest BCUT2D eigenvalue weighted by atomic mass is 9.82. The topological polar surface area (TPSA) is 193 Å². The number of nitrogens with zero attached hydrogens (tertiary/aromatic N) is 3. The van der Waals surface area contributed by atoms with Crippen LogP contribution in [0.1, 0.15) is 48.7 Å². The summed E-state index contributed by atoms with van der Waals surface area (Å²) in [5.41, 5.74) is -1.19. The molecule has 0 spiro atoms. The third-order valence-corrected chi connectivity index (χ3v) is 11.1. The van der Waals surface area contributed by atoms with Crippen LogP contribution in [0.15, 0.2) is 79.4 Å². The highest BCUT2D eigenvalue weighted by Crippen LogP contribution is 2.36. The van der Waals surface area contributed by atoms with Gasteiger partial charge in [0.25, 0.3) is 5.91 Å². The number of likely N-dealkylation sites (N-methyl/N-ethyl adjacent to an activating group) is 3. The van der Waals surface area contributed by atoms with Crippen molar-refractivity contribution >= 4 is 41.2 Å². The van der Waals surface area contributed by atoms with Crippen LogP contribution < -0.4 is 30.2 Å². The Balaban J connectivity index is 1.68. The van der Waals surface area contributed by atoms with Crippen LogP contribution in [-0.4, -0.2) is 127 Å². The largest absolute Gasteiger partial charge is 0.497 e. The summed E-state index contributed by atoms with van der Waals surface area (Å²) in [6.07, 6.45) is 0.795. The van der Waals surface area contributed by atoms with Crippen molar-refractivity contribution in [2.24, 2.45) is 0 Å². The SMILES string of the molecule is C=CC[C@@]12C(=O)N[C@@H](C)C(=O)N[C@H](C)C(=O)N(C)[C@H](Cc3ccc(OC)cc3)C(=O)N[C@@H](C)C(=O)N(C)[C@@H](Cc3cccc(c3)Oc3cc(ccc3OC)C1=O)C(=O)N2C. The first-order valence-corrected chi connectivity index (χ1v) is 19.4. The van der Waals surface area contributed by atoms with Gasteiger partial charge < -0.3 is 44.9 Å². The number of carbonyl (C=O) groups excluding carboxylic acids is 7. The number of Topliss-reactive ketones (excluding diaryl/α,β-unsaturated/α-hetero) is 1. The Morgan fingerprint density at radius 2 is 1.42 bits per heavy atom. The molecule has 6 atom stereocenters. The fourth-order valence-electron chi connectivity index (χ4n) is 7.42. The molecule has 318 valence electrons. The van der Waals surface area contributed by atoms with Crippen molar-refractivity contribution in [3.63, 3.8) is 0 Å². The Morgan fingerprint density at radius 1 is 0.767 bits per heavy atom. The number of benzene rings is 3. The first-order chi connectivity index (χ1) is 28.5. The maximum atomic E-state index is 15.1. The molecule has 6 bridgehead atoms. The van der Waals surface area contributed by atoms with Gasteiger partial charge in [-0.2, -0.15) is 0 Å². The van der Waals surface area contributed by atoms with E-state index in [0.717, 1.165) is 9.80 Å². The first kappa shape index (κ1) is 44.4. The molecule has 0 aromatic heterocycles. The summed E-state index contributed by atoms with van der Waals surface area (Å²) in [4.78, 5) is 105. The van der Waals surface area contributed by atoms with Crippen molar-refractivity contribution in [3.8, 4) is 23.0 Å². The van der Waals surface area contributed by atoms with Crippen molar-refractivity contribution in [2.45, 2.75) is 75.8 Å². The first-order valence-electron chi connectivity index (χ1n) is 19.4. The number of nitrogens with one attached hydrogen (secondary N) is 3. The van der Waals surface area contributed by atoms with Gasteiger partial charge in [-0.25, -0.2) is 0 Å². The number of amides is 6. The van der Waals surface area contributed by atoms with Crippen LogP contribution >= 0.6 is 0 Å². The van der Waals surface area contributed by atoms with Gasteiger partial charge in [0.05, 0.1) is 14.2 Å². The molecule has 16 nitrogen and oxygen atoms in total. The number of methoxy groups -OCH3 is 2. The zero-order valence-electron chi connectivity index (χ0n) is 35.1. The van der Waals surface area contributed by atoms with E-state index in [2.05, 4.69) is 22.5 Å². The number of carbonyl (C=O) groups is 7. The predicted molar refractivity (Wildman–Crippen MR) is 220 cm³/mol. The maximum Gasteiger partial charge on any atom is 0.255 e. The molecule has 5 rings (SSSR count). The van der Waals surface area contributed by atoms with Crippen LogP contribution in [0.3, 0.4) is 0 Å². The van der Waals surface area contributed by atoms with E-state index >= 15 is 9.59 Å². The Kier molecular flexibility index (Phi) is 13.7. The normalized spacial score (nSPS) is 24.7. The van der Waals surface area contributed by atoms with Crippen LogP contribution in [0, 0.1) is 0 Å². The van der Waals surface area contributed by atoms with Crippen LogP contribution in [0.25, 0.3) is 0 Å². The van der Waals surface area contributed by atoms with Crippen LogP contribution in [-0.2, 0) is 41.6 Å². The summed E-state index contributed by atoms with van der Waals surface area (Å²) in [5, 5.41) is 7.95. The Hall–Kier alpha value is -6.71. The zero-order chi connectivity index (χ0) is 44.1. The summed E-state index contributed by atoms with van der Waals surface area (Å²) in [6, 6.07) is 11.7. The Bertz CT molecular complexity index is 2180. The molecule has 2 aliphatic heterocycles. The van der Waals surface area contributed by atoms with Gasteiger partial charge in [0.2, 0.25) is 29.5 Å². The second-order valence-electron chi connectivity index (χ2n) is 15.0. The number of fused-ring (bicyclic) bond motifs is 7. The minimum absolute atomic E-state index is 0.0279. The van der Waals surface area contributed by atoms with Crippen molar-refractivity contribution in [1.29, 1.82) is 0 Å². The fourth-order valence-corrected chi connectivity index (χ4v) is 7.42. The van der Waals surface area contributed by atoms with Crippen molar-refractivity contribution in [2.75, 3.05) is 35.4 Å². The number of hydrogen-bond donors (Lipinski definition) is 3. The summed E-state index contributed by atoms with van der Waals surface area (Å²) in [6.45, 7) is 8.05. The molecule has 16 heteroatoms. The number of rotatable bonds is 6. The molecule has 0 unspecified atom stereocenters. The summed E-state index contributed by atoms with van der Waals surface area (Å²) in [7, 11) is 7.03. The third-order valence-electron chi connectivity index (χ3n) is 11.1. The van der Waals surface area contributed by atoms with Gasteiger partial charge in [-0.15, -0.1) is 6.58 Å². The highest BCUT2D eigenvalue weighted by atomic mass is 16.5. The highest BCUT2D eigenvalue weighted by Gasteiger charge is 2.53. The molecule has 3 N–H and O–H groups in total. The number of hydrogen-bond acceptors (Lipinski definition) is 10. The van der Waals surface area contributed by atoms with Crippen LogP contribution in [0.4, 0.5) is 0 Å². The van der Waals surface area contributed by atoms with E-state index in [9.17, 15) is 24.0 Å². The monoisotopic (exact) mass is 824 g/mol. The van der Waals surface area contributed by atoms with Gasteiger partial charge in [0.1, 0.15) is 41.7 Å². The Morgan fingerprint density at radius 3 is 2.05 bits per heavy atom. The number of ketones is 1. The van der Waals surface area contributed by atoms with Crippen LogP contribution in [0.2, 0.25) is 0 Å². The van der Waals surface area contributed by atoms with Gasteiger partial charge >= 0.3 is 0 Å². The van der Waals surface area contributed by atoms with E-state index in [4.69, 9.17) is 14.2 Å². The van der Waals surface area contributed by atoms with E-state index < -0.39 is 83.4 Å². The van der Waals surface area contributed by atoms with E-state index in [-0.39, 0.29) is 29.9 Å². The summed E-state index contributed by atoms with van der Waals surface area (Å²) >= 11 is 0. The standard InChI is InChI=1S/C44H52N6O10/c1-10-20-44-37(51)30-16-19-35(59-9)36(24-30)60-32-13-11-12-29(21-32)23-34(42(56)50(44)7)49(6)41(55)27(4)46-39(53)33(22-28-14-17-31(58-8)18-15-28)48(5)40(54)26(3)45-38(52)25(2)47-43(44)57/h10-19,21,24-27,33-34H,1,20,22-23H2,2-9H3,(H,45,52)(H,46,53)(H,47,57)/t25-,26+,27-,33+,34-,44-/m0/s1. The zero-order valence-corrected chi connectivity index (χ0v) is 35.1. The lowest BCUT2D eigenvalue weighted by Crippen LogP contribution is -2.68. The lowest BCUT2D eigenvalue weighted by molar-refractivity contribution is -0.152. The van der Waals surface area contributed by atoms with Crippen LogP contribution in [0.5, 0.6) is 23.0 Å². The smallest absolute Gasteiger partial charge is 0.255 e. The Labute approximate surface area is 349 Å². The molecule has 6 amide bonds. The van der Waals surface area contributed by atoms with Gasteiger partial charge in [-0.1, -0.05) is 30.3 Å². The van der Waals surface area contributed by atoms with Gasteiger partial charge in [0, 0.05) is 46.0 Å². The van der Waals surface area contributed by atoms with Crippen molar-refractivity contribution in [3.05, 3.63) is 96.1 Å². The number of ether oxygens (including phenoxy) is 3. The molecule has 0 radical (unpaired) electrons. The predicted octanol–water partition coefficient (Wildman–Crippen LogP) is 2.43. The van der Waals surface area contributed by atoms with Gasteiger partial charge in [-0.05, 0) is 74.4 Å². The minimum Gasteiger partial charge on any atom is -0.497 e. The van der Waals surface area contributed by atoms with Gasteiger partial charge in [-0.3, -0.25) is 33.6 Å². The minimum atomic E-state index is -2.38. The van der Waals surface area contributed by atoms with Gasteiger partial charge in [0.15, 0.2) is 22.8 Å². The molecule has 2 heterocycles. The second kappa shape index (κ2) is 18.5. The molecule has 0 saturated carbocycles. The molecule has 1 saturated heterocycles. The van der Waals surface area contributed by atoms with E-state index in [0.29, 0.717) is 22.6 Å². The second-order valence-corrected chi connectivity index (χ2v) is 15.0. The third kappa shape index (κ3) is 8.96. The molecule has 3 aromatic carbocycles. The molecule has 1 fully saturated rings. The van der Waals surface area contributed by atoms with Crippen molar-refractivity contribution in [1.82, 2.24) is 30.7 Å². The molecule has 3 aromatic rings. The average molecular weight is 825 g/mol. The summed E-state index contributed by atoms with van der Waals surface area (Å²) in [5.74, 6) is -4.12. The summed E-state index contributed by atoms with van der Waals surface area (Å²) < 4.78 is 17.0. The maximum absolute atomic E-state index is 15.1. The van der Waals surface area contributed by atoms with E-state index in [1.165, 1.54) is 85.3 Å². The molecular weight excluding hydrogens is 773 g/mol. The molecule has 0 aliphatic carbocycles. The van der Waals surface area contributed by atoms with E-state index in [1.807, 2.05) is 0 Å². The molecular formula is C44H52N6O10. The quantitative estimate of drug-likeness (QED) is 0.246. The molecule has 60 heavy (non-hydrogen) atoms. The lowest BCUT2D eigenvalue weighted by Gasteiger charge is -2.42. The van der Waals surface area contributed by atoms with E-state index in [1.54, 1.807) is 48.5 Å². The fraction of sp³-hybridized carbons (Fsp3) is 0.386. The van der Waals surface area contributed by atoms with Crippen molar-refractivity contribution < 1.29 is 47.8 Å².